The summed E-state index contributed by atoms with van der Waals surface area (Å²) in [6.45, 7) is 6.02. The first-order valence-corrected chi connectivity index (χ1v) is 10.1. The molecule has 0 aromatic carbocycles. The van der Waals surface area contributed by atoms with Crippen molar-refractivity contribution in [3.8, 4) is 17.0 Å². The Hall–Kier alpha value is -3.13. The van der Waals surface area contributed by atoms with E-state index in [0.717, 1.165) is 17.5 Å². The molecule has 1 aliphatic heterocycles. The lowest BCUT2D eigenvalue weighted by Gasteiger charge is -2.16. The first-order chi connectivity index (χ1) is 14.5. The van der Waals surface area contributed by atoms with Gasteiger partial charge in [0.05, 0.1) is 7.11 Å². The number of hydrogen-bond donors (Lipinski definition) is 3. The standard InChI is InChI=1S/C22H29N5O3/c1-15(2)23-8-4-5-21(28)27-10-7-18(14-27)26-19-11-17(13-25-22(19)29)16-6-9-24-20(12-16)30-3/h4-6,9,11-13,15,18,23,26H,7-8,10,14H2,1-3H3,(H,25,29)/t18-/m1/s1. The third kappa shape index (κ3) is 5.70. The van der Waals surface area contributed by atoms with Crippen molar-refractivity contribution in [3.05, 3.63) is 53.1 Å². The second-order valence-corrected chi connectivity index (χ2v) is 7.60. The minimum atomic E-state index is -0.191. The molecular weight excluding hydrogens is 382 g/mol. The predicted molar refractivity (Wildman–Crippen MR) is 118 cm³/mol. The van der Waals surface area contributed by atoms with Crippen molar-refractivity contribution in [1.82, 2.24) is 20.2 Å². The number of methoxy groups -OCH3 is 1. The van der Waals surface area contributed by atoms with E-state index in [-0.39, 0.29) is 17.5 Å². The van der Waals surface area contributed by atoms with Gasteiger partial charge in [0.25, 0.3) is 5.56 Å². The van der Waals surface area contributed by atoms with Gasteiger partial charge in [0.1, 0.15) is 5.69 Å². The van der Waals surface area contributed by atoms with Crippen molar-refractivity contribution in [3.63, 3.8) is 0 Å². The van der Waals surface area contributed by atoms with Crippen LogP contribution in [-0.4, -0.2) is 59.6 Å². The van der Waals surface area contributed by atoms with Gasteiger partial charge in [0, 0.05) is 61.8 Å². The number of pyridine rings is 2. The molecule has 0 aliphatic carbocycles. The van der Waals surface area contributed by atoms with Gasteiger partial charge in [0.2, 0.25) is 11.8 Å². The first-order valence-electron chi connectivity index (χ1n) is 10.1. The fourth-order valence-corrected chi connectivity index (χ4v) is 3.33. The van der Waals surface area contributed by atoms with E-state index < -0.39 is 0 Å². The number of nitrogens with one attached hydrogen (secondary N) is 3. The van der Waals surface area contributed by atoms with E-state index in [9.17, 15) is 9.59 Å². The molecule has 0 bridgehead atoms. The highest BCUT2D eigenvalue weighted by atomic mass is 16.5. The number of aromatic amines is 1. The molecule has 1 aliphatic rings. The van der Waals surface area contributed by atoms with E-state index in [2.05, 4.69) is 34.4 Å². The van der Waals surface area contributed by atoms with E-state index in [1.807, 2.05) is 24.3 Å². The number of ether oxygens (including phenoxy) is 1. The van der Waals surface area contributed by atoms with Crippen molar-refractivity contribution < 1.29 is 9.53 Å². The van der Waals surface area contributed by atoms with Crippen LogP contribution in [0, 0.1) is 0 Å². The van der Waals surface area contributed by atoms with Crippen molar-refractivity contribution >= 4 is 11.6 Å². The number of anilines is 1. The van der Waals surface area contributed by atoms with Crippen molar-refractivity contribution in [2.45, 2.75) is 32.4 Å². The van der Waals surface area contributed by atoms with Crippen LogP contribution in [0.4, 0.5) is 5.69 Å². The molecule has 2 aromatic rings. The Balaban J connectivity index is 1.63. The Morgan fingerprint density at radius 3 is 3.00 bits per heavy atom. The summed E-state index contributed by atoms with van der Waals surface area (Å²) >= 11 is 0. The number of aromatic nitrogens is 2. The average molecular weight is 412 g/mol. The molecule has 1 amide bonds. The fourth-order valence-electron chi connectivity index (χ4n) is 3.33. The molecule has 2 aromatic heterocycles. The van der Waals surface area contributed by atoms with Crippen LogP contribution in [0.2, 0.25) is 0 Å². The number of nitrogens with zero attached hydrogens (tertiary/aromatic N) is 2. The monoisotopic (exact) mass is 411 g/mol. The molecule has 1 saturated heterocycles. The van der Waals surface area contributed by atoms with E-state index in [0.29, 0.717) is 37.2 Å². The van der Waals surface area contributed by atoms with Gasteiger partial charge in [-0.2, -0.15) is 0 Å². The third-order valence-electron chi connectivity index (χ3n) is 4.94. The van der Waals surface area contributed by atoms with E-state index in [1.54, 1.807) is 30.5 Å². The number of carbonyl (C=O) groups excluding carboxylic acids is 1. The molecule has 8 nitrogen and oxygen atoms in total. The summed E-state index contributed by atoms with van der Waals surface area (Å²) in [7, 11) is 1.56. The summed E-state index contributed by atoms with van der Waals surface area (Å²) in [4.78, 5) is 33.3. The van der Waals surface area contributed by atoms with E-state index >= 15 is 0 Å². The van der Waals surface area contributed by atoms with Crippen molar-refractivity contribution in [2.24, 2.45) is 0 Å². The molecule has 0 radical (unpaired) electrons. The molecule has 8 heteroatoms. The van der Waals surface area contributed by atoms with Gasteiger partial charge in [-0.15, -0.1) is 0 Å². The quantitative estimate of drug-likeness (QED) is 0.575. The molecule has 30 heavy (non-hydrogen) atoms. The van der Waals surface area contributed by atoms with Crippen molar-refractivity contribution in [2.75, 3.05) is 32.1 Å². The molecule has 3 heterocycles. The van der Waals surface area contributed by atoms with E-state index in [1.165, 1.54) is 0 Å². The van der Waals surface area contributed by atoms with Crippen LogP contribution in [0.15, 0.2) is 47.5 Å². The van der Waals surface area contributed by atoms with Crippen LogP contribution in [0.5, 0.6) is 5.88 Å². The zero-order chi connectivity index (χ0) is 21.5. The molecule has 0 unspecified atom stereocenters. The lowest BCUT2D eigenvalue weighted by molar-refractivity contribution is -0.125. The molecule has 1 fully saturated rings. The van der Waals surface area contributed by atoms with Gasteiger partial charge >= 0.3 is 0 Å². The van der Waals surface area contributed by atoms with Gasteiger partial charge in [-0.05, 0) is 24.1 Å². The maximum Gasteiger partial charge on any atom is 0.271 e. The molecule has 3 rings (SSSR count). The largest absolute Gasteiger partial charge is 0.481 e. The SMILES string of the molecule is COc1cc(-c2c[nH]c(=O)c(N[C@@H]3CCN(C(=O)C=CCNC(C)C)C3)c2)ccn1. The zero-order valence-corrected chi connectivity index (χ0v) is 17.6. The molecule has 0 spiro atoms. The molecular formula is C22H29N5O3. The summed E-state index contributed by atoms with van der Waals surface area (Å²) in [5.74, 6) is 0.506. The Labute approximate surface area is 176 Å². The minimum absolute atomic E-state index is 0.00334. The number of rotatable bonds is 8. The maximum atomic E-state index is 12.4. The summed E-state index contributed by atoms with van der Waals surface area (Å²) in [5, 5.41) is 6.54. The molecule has 1 atom stereocenters. The summed E-state index contributed by atoms with van der Waals surface area (Å²) in [6, 6.07) is 5.89. The van der Waals surface area contributed by atoms with Crippen LogP contribution in [0.25, 0.3) is 11.1 Å². The van der Waals surface area contributed by atoms with Gasteiger partial charge < -0.3 is 25.3 Å². The second kappa shape index (κ2) is 10.1. The number of amides is 1. The van der Waals surface area contributed by atoms with Gasteiger partial charge in [-0.25, -0.2) is 4.98 Å². The van der Waals surface area contributed by atoms with Gasteiger partial charge in [-0.3, -0.25) is 9.59 Å². The summed E-state index contributed by atoms with van der Waals surface area (Å²) in [6.07, 6.45) is 7.58. The number of likely N-dealkylation sites (tertiary alicyclic amines) is 1. The smallest absolute Gasteiger partial charge is 0.271 e. The molecule has 0 saturated carbocycles. The normalized spacial score (nSPS) is 16.4. The average Bonchev–Trinajstić information content (AvgIpc) is 3.21. The van der Waals surface area contributed by atoms with Crippen molar-refractivity contribution in [1.29, 1.82) is 0 Å². The van der Waals surface area contributed by atoms with Crippen LogP contribution >= 0.6 is 0 Å². The maximum absolute atomic E-state index is 12.4. The lowest BCUT2D eigenvalue weighted by atomic mass is 10.1. The zero-order valence-electron chi connectivity index (χ0n) is 17.6. The van der Waals surface area contributed by atoms with E-state index in [4.69, 9.17) is 4.74 Å². The lowest BCUT2D eigenvalue weighted by Crippen LogP contribution is -2.31. The first kappa shape index (κ1) is 21.6. The summed E-state index contributed by atoms with van der Waals surface area (Å²) < 4.78 is 5.17. The number of H-pyrrole nitrogens is 1. The number of hydrogen-bond acceptors (Lipinski definition) is 6. The Morgan fingerprint density at radius 2 is 2.23 bits per heavy atom. The second-order valence-electron chi connectivity index (χ2n) is 7.60. The fraction of sp³-hybridized carbons (Fsp3) is 0.409. The number of carbonyl (C=O) groups is 1. The van der Waals surface area contributed by atoms with Crippen LogP contribution in [0.3, 0.4) is 0 Å². The minimum Gasteiger partial charge on any atom is -0.481 e. The predicted octanol–water partition coefficient (Wildman–Crippen LogP) is 2.01. The topological polar surface area (TPSA) is 99.4 Å². The Kier molecular flexibility index (Phi) is 7.24. The molecule has 3 N–H and O–H groups in total. The van der Waals surface area contributed by atoms with Gasteiger partial charge in [-0.1, -0.05) is 19.9 Å². The highest BCUT2D eigenvalue weighted by Crippen LogP contribution is 2.23. The summed E-state index contributed by atoms with van der Waals surface area (Å²) in [5.41, 5.74) is 2.04. The Morgan fingerprint density at radius 1 is 1.40 bits per heavy atom. The van der Waals surface area contributed by atoms with Gasteiger partial charge in [0.15, 0.2) is 0 Å². The molecule has 160 valence electrons. The van der Waals surface area contributed by atoms with Crippen LogP contribution in [-0.2, 0) is 4.79 Å². The van der Waals surface area contributed by atoms with Crippen LogP contribution < -0.4 is 20.9 Å². The highest BCUT2D eigenvalue weighted by Gasteiger charge is 2.25. The highest BCUT2D eigenvalue weighted by molar-refractivity contribution is 5.87. The Bertz CT molecular complexity index is 954. The third-order valence-corrected chi connectivity index (χ3v) is 4.94. The van der Waals surface area contributed by atoms with Crippen LogP contribution in [0.1, 0.15) is 20.3 Å².